The SMILES string of the molecule is C[C@@H]1NCCO[C@H]1c1ccc(-c2cc(F)ccc2OCC2CCOC2)cc1. The van der Waals surface area contributed by atoms with Crippen molar-refractivity contribution in [1.82, 2.24) is 5.32 Å². The van der Waals surface area contributed by atoms with Gasteiger partial charge in [0.15, 0.2) is 0 Å². The lowest BCUT2D eigenvalue weighted by atomic mass is 9.98. The number of nitrogens with one attached hydrogen (secondary N) is 1. The molecule has 0 amide bonds. The van der Waals surface area contributed by atoms with E-state index < -0.39 is 0 Å². The van der Waals surface area contributed by atoms with Crippen LogP contribution in [0.25, 0.3) is 11.1 Å². The topological polar surface area (TPSA) is 39.7 Å². The Labute approximate surface area is 159 Å². The Kier molecular flexibility index (Phi) is 5.72. The van der Waals surface area contributed by atoms with Gasteiger partial charge in [-0.15, -0.1) is 0 Å². The molecule has 2 heterocycles. The van der Waals surface area contributed by atoms with Crippen LogP contribution in [0.3, 0.4) is 0 Å². The van der Waals surface area contributed by atoms with E-state index in [9.17, 15) is 4.39 Å². The van der Waals surface area contributed by atoms with E-state index in [4.69, 9.17) is 14.2 Å². The third-order valence-corrected chi connectivity index (χ3v) is 5.31. The van der Waals surface area contributed by atoms with Gasteiger partial charge in [-0.3, -0.25) is 0 Å². The van der Waals surface area contributed by atoms with Crippen molar-refractivity contribution < 1.29 is 18.6 Å². The van der Waals surface area contributed by atoms with Gasteiger partial charge >= 0.3 is 0 Å². The number of hydrogen-bond donors (Lipinski definition) is 1. The molecule has 0 saturated carbocycles. The lowest BCUT2D eigenvalue weighted by Gasteiger charge is -2.30. The van der Waals surface area contributed by atoms with E-state index >= 15 is 0 Å². The number of benzene rings is 2. The predicted octanol–water partition coefficient (Wildman–Crippen LogP) is 3.96. The maximum Gasteiger partial charge on any atom is 0.127 e. The summed E-state index contributed by atoms with van der Waals surface area (Å²) in [6, 6.07) is 13.1. The van der Waals surface area contributed by atoms with Crippen molar-refractivity contribution in [1.29, 1.82) is 0 Å². The smallest absolute Gasteiger partial charge is 0.127 e. The largest absolute Gasteiger partial charge is 0.493 e. The van der Waals surface area contributed by atoms with Crippen LogP contribution in [0.2, 0.25) is 0 Å². The molecule has 3 atom stereocenters. The van der Waals surface area contributed by atoms with Gasteiger partial charge < -0.3 is 19.5 Å². The van der Waals surface area contributed by atoms with Gasteiger partial charge in [0.1, 0.15) is 11.6 Å². The van der Waals surface area contributed by atoms with Crippen molar-refractivity contribution in [2.45, 2.75) is 25.5 Å². The minimum Gasteiger partial charge on any atom is -0.493 e. The van der Waals surface area contributed by atoms with Crippen molar-refractivity contribution in [3.8, 4) is 16.9 Å². The van der Waals surface area contributed by atoms with Crippen molar-refractivity contribution in [3.63, 3.8) is 0 Å². The third-order valence-electron chi connectivity index (χ3n) is 5.31. The van der Waals surface area contributed by atoms with Crippen LogP contribution in [0.5, 0.6) is 5.75 Å². The summed E-state index contributed by atoms with van der Waals surface area (Å²) in [7, 11) is 0. The van der Waals surface area contributed by atoms with E-state index in [0.29, 0.717) is 24.9 Å². The fourth-order valence-corrected chi connectivity index (χ4v) is 3.74. The Morgan fingerprint density at radius 1 is 1.15 bits per heavy atom. The first-order valence-electron chi connectivity index (χ1n) is 9.66. The van der Waals surface area contributed by atoms with Gasteiger partial charge in [-0.2, -0.15) is 0 Å². The van der Waals surface area contributed by atoms with Gasteiger partial charge in [0.05, 0.1) is 25.9 Å². The molecular weight excluding hydrogens is 345 g/mol. The zero-order valence-electron chi connectivity index (χ0n) is 15.6. The summed E-state index contributed by atoms with van der Waals surface area (Å²) in [4.78, 5) is 0. The molecule has 4 nitrogen and oxygen atoms in total. The first kappa shape index (κ1) is 18.4. The molecule has 27 heavy (non-hydrogen) atoms. The van der Waals surface area contributed by atoms with Gasteiger partial charge in [0, 0.05) is 30.7 Å². The van der Waals surface area contributed by atoms with Gasteiger partial charge in [-0.05, 0) is 42.7 Å². The Hall–Kier alpha value is -1.95. The zero-order valence-corrected chi connectivity index (χ0v) is 15.6. The van der Waals surface area contributed by atoms with Gasteiger partial charge in [0.2, 0.25) is 0 Å². The Bertz CT molecular complexity index is 759. The summed E-state index contributed by atoms with van der Waals surface area (Å²) in [5.41, 5.74) is 2.84. The molecule has 1 N–H and O–H groups in total. The molecule has 2 aliphatic rings. The molecular formula is C22H26FNO3. The van der Waals surface area contributed by atoms with E-state index in [2.05, 4.69) is 24.4 Å². The van der Waals surface area contributed by atoms with Gasteiger partial charge in [-0.25, -0.2) is 4.39 Å². The normalized spacial score (nSPS) is 25.5. The average Bonchev–Trinajstić information content (AvgIpc) is 3.21. The second kappa shape index (κ2) is 8.38. The summed E-state index contributed by atoms with van der Waals surface area (Å²) in [5, 5.41) is 3.43. The number of morpholine rings is 1. The number of halogens is 1. The molecule has 2 aromatic carbocycles. The van der Waals surface area contributed by atoms with E-state index in [1.807, 2.05) is 12.1 Å². The Morgan fingerprint density at radius 2 is 2.00 bits per heavy atom. The van der Waals surface area contributed by atoms with E-state index in [1.165, 1.54) is 12.1 Å². The minimum atomic E-state index is -0.265. The molecule has 0 aliphatic carbocycles. The predicted molar refractivity (Wildman–Crippen MR) is 102 cm³/mol. The summed E-state index contributed by atoms with van der Waals surface area (Å²) in [6.07, 6.45) is 1.05. The van der Waals surface area contributed by atoms with Crippen molar-refractivity contribution in [2.75, 3.05) is 33.0 Å². The highest BCUT2D eigenvalue weighted by molar-refractivity contribution is 5.70. The standard InChI is InChI=1S/C22H26FNO3/c1-15-22(26-11-9-24-15)18-4-2-17(3-5-18)20-12-19(23)6-7-21(20)27-14-16-8-10-25-13-16/h2-7,12,15-16,22,24H,8-11,13-14H2,1H3/t15-,16?,22+/m0/s1. The molecule has 0 bridgehead atoms. The lowest BCUT2D eigenvalue weighted by Crippen LogP contribution is -2.41. The number of rotatable bonds is 5. The second-order valence-electron chi connectivity index (χ2n) is 7.34. The quantitative estimate of drug-likeness (QED) is 0.864. The first-order chi connectivity index (χ1) is 13.2. The highest BCUT2D eigenvalue weighted by Gasteiger charge is 2.23. The van der Waals surface area contributed by atoms with Crippen LogP contribution in [0.1, 0.15) is 25.0 Å². The second-order valence-corrected chi connectivity index (χ2v) is 7.34. The maximum absolute atomic E-state index is 13.9. The number of hydrogen-bond acceptors (Lipinski definition) is 4. The van der Waals surface area contributed by atoms with Gasteiger partial charge in [0.25, 0.3) is 0 Å². The highest BCUT2D eigenvalue weighted by Crippen LogP contribution is 2.33. The van der Waals surface area contributed by atoms with E-state index in [1.54, 1.807) is 6.07 Å². The van der Waals surface area contributed by atoms with Crippen molar-refractivity contribution in [2.24, 2.45) is 5.92 Å². The van der Waals surface area contributed by atoms with Crippen molar-refractivity contribution in [3.05, 3.63) is 53.8 Å². The molecule has 2 fully saturated rings. The zero-order chi connectivity index (χ0) is 18.6. The first-order valence-corrected chi connectivity index (χ1v) is 9.66. The molecule has 0 radical (unpaired) electrons. The average molecular weight is 371 g/mol. The maximum atomic E-state index is 13.9. The molecule has 4 rings (SSSR count). The molecule has 144 valence electrons. The van der Waals surface area contributed by atoms with Crippen LogP contribution in [-0.4, -0.2) is 39.0 Å². The summed E-state index contributed by atoms with van der Waals surface area (Å²) in [6.45, 7) is 5.84. The molecule has 0 spiro atoms. The molecule has 0 aromatic heterocycles. The van der Waals surface area contributed by atoms with Crippen molar-refractivity contribution >= 4 is 0 Å². The minimum absolute atomic E-state index is 0.0402. The fraction of sp³-hybridized carbons (Fsp3) is 0.455. The molecule has 1 unspecified atom stereocenters. The lowest BCUT2D eigenvalue weighted by molar-refractivity contribution is -0.000215. The summed E-state index contributed by atoms with van der Waals surface area (Å²) < 4.78 is 31.2. The van der Waals surface area contributed by atoms with Crippen LogP contribution in [0.4, 0.5) is 4.39 Å². The molecule has 2 aromatic rings. The van der Waals surface area contributed by atoms with Crippen LogP contribution >= 0.6 is 0 Å². The summed E-state index contributed by atoms with van der Waals surface area (Å²) >= 11 is 0. The van der Waals surface area contributed by atoms with Crippen LogP contribution in [0.15, 0.2) is 42.5 Å². The van der Waals surface area contributed by atoms with Crippen LogP contribution < -0.4 is 10.1 Å². The molecule has 5 heteroatoms. The fourth-order valence-electron chi connectivity index (χ4n) is 3.74. The number of ether oxygens (including phenoxy) is 3. The summed E-state index contributed by atoms with van der Waals surface area (Å²) in [5.74, 6) is 0.849. The van der Waals surface area contributed by atoms with Gasteiger partial charge in [-0.1, -0.05) is 24.3 Å². The molecule has 2 aliphatic heterocycles. The molecule has 2 saturated heterocycles. The highest BCUT2D eigenvalue weighted by atomic mass is 19.1. The van der Waals surface area contributed by atoms with E-state index in [0.717, 1.165) is 42.9 Å². The Balaban J connectivity index is 1.53. The third kappa shape index (κ3) is 4.32. The van der Waals surface area contributed by atoms with Crippen LogP contribution in [-0.2, 0) is 9.47 Å². The Morgan fingerprint density at radius 3 is 2.74 bits per heavy atom. The van der Waals surface area contributed by atoms with E-state index in [-0.39, 0.29) is 18.0 Å². The monoisotopic (exact) mass is 371 g/mol. The van der Waals surface area contributed by atoms with Crippen LogP contribution in [0, 0.1) is 11.7 Å².